The highest BCUT2D eigenvalue weighted by atomic mass is 16.1. The molecule has 98 valence electrons. The molecule has 4 heteroatoms. The second-order valence-corrected chi connectivity index (χ2v) is 3.90. The third-order valence-corrected chi connectivity index (χ3v) is 2.85. The molecule has 0 aliphatic carbocycles. The van der Waals surface area contributed by atoms with Gasteiger partial charge in [-0.05, 0) is 11.1 Å². The molecule has 0 atom stereocenters. The lowest BCUT2D eigenvalue weighted by molar-refractivity contribution is -0.122. The van der Waals surface area contributed by atoms with E-state index in [4.69, 9.17) is 16.3 Å². The van der Waals surface area contributed by atoms with Crippen molar-refractivity contribution in [1.82, 2.24) is 0 Å². The highest BCUT2D eigenvalue weighted by Crippen LogP contribution is 2.26. The van der Waals surface area contributed by atoms with Gasteiger partial charge in [0.05, 0.1) is 0 Å². The molecule has 19 heavy (non-hydrogen) atoms. The molecule has 0 saturated carbocycles. The van der Waals surface area contributed by atoms with Crippen LogP contribution in [0.3, 0.4) is 0 Å². The molecule has 0 aliphatic heterocycles. The molecule has 0 spiro atoms. The van der Waals surface area contributed by atoms with Gasteiger partial charge in [0.15, 0.2) is 0 Å². The second-order valence-electron chi connectivity index (χ2n) is 3.90. The summed E-state index contributed by atoms with van der Waals surface area (Å²) in [5, 5.41) is 0. The van der Waals surface area contributed by atoms with Gasteiger partial charge in [0.1, 0.15) is 12.3 Å². The van der Waals surface area contributed by atoms with E-state index in [9.17, 15) is 4.79 Å². The van der Waals surface area contributed by atoms with Crippen molar-refractivity contribution in [2.24, 2.45) is 11.5 Å². The number of hydrogen-bond acceptors (Lipinski definition) is 3. The summed E-state index contributed by atoms with van der Waals surface area (Å²) >= 11 is 0. The lowest BCUT2D eigenvalue weighted by Crippen LogP contribution is -2.49. The van der Waals surface area contributed by atoms with Crippen LogP contribution in [0.2, 0.25) is 0 Å². The van der Waals surface area contributed by atoms with Gasteiger partial charge >= 0.3 is 0 Å². The van der Waals surface area contributed by atoms with E-state index in [1.807, 2.05) is 43.2 Å². The smallest absolute Gasteiger partial charge is 0.246 e. The number of carbonyl (C=O) groups is 2. The predicted molar refractivity (Wildman–Crippen MR) is 74.2 cm³/mol. The predicted octanol–water partition coefficient (Wildman–Crippen LogP) is 1.19. The Morgan fingerprint density at radius 2 is 1.16 bits per heavy atom. The van der Waals surface area contributed by atoms with Crippen molar-refractivity contribution < 1.29 is 9.59 Å². The molecule has 0 bridgehead atoms. The van der Waals surface area contributed by atoms with Crippen molar-refractivity contribution in [2.45, 2.75) is 5.54 Å². The van der Waals surface area contributed by atoms with Crippen molar-refractivity contribution in [3.63, 3.8) is 0 Å². The molecule has 4 nitrogen and oxygen atoms in total. The molecule has 1 amide bonds. The van der Waals surface area contributed by atoms with E-state index in [1.54, 1.807) is 24.3 Å². The summed E-state index contributed by atoms with van der Waals surface area (Å²) in [6, 6.07) is 18.3. The number of carbonyl (C=O) groups excluding carboxylic acids is 2. The Bertz CT molecular complexity index is 487. The van der Waals surface area contributed by atoms with Crippen molar-refractivity contribution in [1.29, 1.82) is 0 Å². The van der Waals surface area contributed by atoms with E-state index in [0.717, 1.165) is 0 Å². The standard InChI is InChI=1S/C14H14N2O.CH2O/c15-13(17)14(16,11-7-3-1-4-8-11)12-9-5-2-6-10-12;1-2/h1-10H,16H2,(H2,15,17);1H2. The number of amides is 1. The Kier molecular flexibility index (Phi) is 4.97. The van der Waals surface area contributed by atoms with E-state index in [2.05, 4.69) is 0 Å². The first-order chi connectivity index (χ1) is 9.15. The number of nitrogens with two attached hydrogens (primary N) is 2. The van der Waals surface area contributed by atoms with Crippen molar-refractivity contribution >= 4 is 12.7 Å². The number of hydrogen-bond donors (Lipinski definition) is 2. The van der Waals surface area contributed by atoms with E-state index >= 15 is 0 Å². The van der Waals surface area contributed by atoms with Gasteiger partial charge in [0.2, 0.25) is 5.91 Å². The lowest BCUT2D eigenvalue weighted by atomic mass is 9.83. The quantitative estimate of drug-likeness (QED) is 0.864. The molecule has 0 unspecified atom stereocenters. The van der Waals surface area contributed by atoms with Crippen LogP contribution >= 0.6 is 0 Å². The van der Waals surface area contributed by atoms with Gasteiger partial charge in [0, 0.05) is 0 Å². The fraction of sp³-hybridized carbons (Fsp3) is 0.0667. The number of primary amides is 1. The Labute approximate surface area is 112 Å². The molecule has 0 saturated heterocycles. The first-order valence-electron chi connectivity index (χ1n) is 5.64. The highest BCUT2D eigenvalue weighted by Gasteiger charge is 2.35. The fourth-order valence-corrected chi connectivity index (χ4v) is 1.85. The zero-order chi connectivity index (χ0) is 14.3. The van der Waals surface area contributed by atoms with E-state index in [1.165, 1.54) is 0 Å². The Balaban J connectivity index is 0.000000861. The van der Waals surface area contributed by atoms with Crippen molar-refractivity contribution in [3.8, 4) is 0 Å². The first kappa shape index (κ1) is 14.6. The summed E-state index contributed by atoms with van der Waals surface area (Å²) in [5.74, 6) is -0.560. The topological polar surface area (TPSA) is 86.2 Å². The van der Waals surface area contributed by atoms with Gasteiger partial charge in [0.25, 0.3) is 0 Å². The summed E-state index contributed by atoms with van der Waals surface area (Å²) in [6.07, 6.45) is 0. The van der Waals surface area contributed by atoms with Crippen LogP contribution in [0, 0.1) is 0 Å². The van der Waals surface area contributed by atoms with Crippen LogP contribution in [0.5, 0.6) is 0 Å². The molecule has 0 fully saturated rings. The summed E-state index contributed by atoms with van der Waals surface area (Å²) in [5.41, 5.74) is 11.8. The van der Waals surface area contributed by atoms with E-state index in [-0.39, 0.29) is 0 Å². The van der Waals surface area contributed by atoms with Gasteiger partial charge in [-0.15, -0.1) is 0 Å². The van der Waals surface area contributed by atoms with Gasteiger partial charge in [-0.2, -0.15) is 0 Å². The van der Waals surface area contributed by atoms with Crippen LogP contribution < -0.4 is 11.5 Å². The van der Waals surface area contributed by atoms with E-state index in [0.29, 0.717) is 11.1 Å². The molecule has 2 rings (SSSR count). The minimum Gasteiger partial charge on any atom is -0.367 e. The van der Waals surface area contributed by atoms with Crippen LogP contribution in [-0.4, -0.2) is 12.7 Å². The Morgan fingerprint density at radius 3 is 1.42 bits per heavy atom. The van der Waals surface area contributed by atoms with Crippen LogP contribution in [-0.2, 0) is 15.1 Å². The average molecular weight is 256 g/mol. The van der Waals surface area contributed by atoms with Crippen molar-refractivity contribution in [3.05, 3.63) is 71.8 Å². The summed E-state index contributed by atoms with van der Waals surface area (Å²) in [4.78, 5) is 19.7. The van der Waals surface area contributed by atoms with Crippen LogP contribution in [0.1, 0.15) is 11.1 Å². The summed E-state index contributed by atoms with van der Waals surface area (Å²) < 4.78 is 0. The van der Waals surface area contributed by atoms with Gasteiger partial charge in [-0.25, -0.2) is 0 Å². The second kappa shape index (κ2) is 6.47. The molecule has 2 aromatic rings. The monoisotopic (exact) mass is 256 g/mol. The average Bonchev–Trinajstić information content (AvgIpc) is 2.50. The molecule has 0 heterocycles. The molecule has 4 N–H and O–H groups in total. The highest BCUT2D eigenvalue weighted by molar-refractivity contribution is 5.89. The zero-order valence-corrected chi connectivity index (χ0v) is 10.5. The molecule has 0 aromatic heterocycles. The van der Waals surface area contributed by atoms with Gasteiger partial charge < -0.3 is 16.3 Å². The molecule has 0 radical (unpaired) electrons. The zero-order valence-electron chi connectivity index (χ0n) is 10.5. The van der Waals surface area contributed by atoms with Crippen molar-refractivity contribution in [2.75, 3.05) is 0 Å². The van der Waals surface area contributed by atoms with Gasteiger partial charge in [-0.1, -0.05) is 60.7 Å². The largest absolute Gasteiger partial charge is 0.367 e. The number of benzene rings is 2. The minimum absolute atomic E-state index is 0.560. The van der Waals surface area contributed by atoms with Crippen LogP contribution in [0.15, 0.2) is 60.7 Å². The Morgan fingerprint density at radius 1 is 0.842 bits per heavy atom. The molecule has 0 aliphatic rings. The third-order valence-electron chi connectivity index (χ3n) is 2.85. The van der Waals surface area contributed by atoms with E-state index < -0.39 is 11.4 Å². The maximum atomic E-state index is 11.7. The SMILES string of the molecule is C=O.NC(=O)C(N)(c1ccccc1)c1ccccc1. The fourth-order valence-electron chi connectivity index (χ4n) is 1.85. The Hall–Kier alpha value is -2.46. The molecular weight excluding hydrogens is 240 g/mol. The summed E-state index contributed by atoms with van der Waals surface area (Å²) in [7, 11) is 0. The maximum absolute atomic E-state index is 11.7. The molecule has 2 aromatic carbocycles. The first-order valence-corrected chi connectivity index (χ1v) is 5.64. The minimum atomic E-state index is -1.28. The maximum Gasteiger partial charge on any atom is 0.246 e. The lowest BCUT2D eigenvalue weighted by Gasteiger charge is -2.27. The van der Waals surface area contributed by atoms with Crippen LogP contribution in [0.25, 0.3) is 0 Å². The van der Waals surface area contributed by atoms with Crippen LogP contribution in [0.4, 0.5) is 0 Å². The molecular formula is C15H16N2O2. The normalized spacial score (nSPS) is 10.2. The number of rotatable bonds is 3. The third kappa shape index (κ3) is 2.86. The van der Waals surface area contributed by atoms with Gasteiger partial charge in [-0.3, -0.25) is 4.79 Å². The summed E-state index contributed by atoms with van der Waals surface area (Å²) in [6.45, 7) is 2.00.